The predicted molar refractivity (Wildman–Crippen MR) is 77.1 cm³/mol. The Balaban J connectivity index is 2.18. The Bertz CT molecular complexity index is 690. The number of pyridine rings is 1. The molecule has 0 fully saturated rings. The van der Waals surface area contributed by atoms with Crippen molar-refractivity contribution in [3.8, 4) is 10.6 Å². The van der Waals surface area contributed by atoms with Gasteiger partial charge in [0.2, 0.25) is 0 Å². The molecule has 3 rings (SSSR count). The van der Waals surface area contributed by atoms with Crippen LogP contribution in [0, 0.1) is 6.92 Å². The van der Waals surface area contributed by atoms with Crippen LogP contribution in [0.5, 0.6) is 0 Å². The third-order valence-corrected chi connectivity index (χ3v) is 3.74. The molecule has 0 aliphatic carbocycles. The number of hydrogen-bond donors (Lipinski definition) is 1. The summed E-state index contributed by atoms with van der Waals surface area (Å²) in [6, 6.07) is 8.42. The second kappa shape index (κ2) is 4.38. The summed E-state index contributed by atoms with van der Waals surface area (Å²) in [7, 11) is 1.89. The van der Waals surface area contributed by atoms with E-state index in [0.717, 1.165) is 32.9 Å². The molecular formula is C14H13N3S. The molecule has 0 aliphatic heterocycles. The van der Waals surface area contributed by atoms with E-state index in [2.05, 4.69) is 40.4 Å². The monoisotopic (exact) mass is 255 g/mol. The number of hydrogen-bond acceptors (Lipinski definition) is 4. The van der Waals surface area contributed by atoms with Crippen LogP contribution in [0.25, 0.3) is 21.5 Å². The molecule has 0 aliphatic rings. The fraction of sp³-hybridized carbons (Fsp3) is 0.143. The van der Waals surface area contributed by atoms with Crippen molar-refractivity contribution >= 4 is 28.1 Å². The first-order valence-electron chi connectivity index (χ1n) is 5.77. The minimum absolute atomic E-state index is 0.935. The van der Waals surface area contributed by atoms with Crippen LogP contribution < -0.4 is 5.32 Å². The van der Waals surface area contributed by atoms with Crippen LogP contribution >= 0.6 is 11.3 Å². The maximum absolute atomic E-state index is 4.59. The lowest BCUT2D eigenvalue weighted by molar-refractivity contribution is 1.29. The normalized spacial score (nSPS) is 10.8. The summed E-state index contributed by atoms with van der Waals surface area (Å²) in [4.78, 5) is 8.92. The third-order valence-electron chi connectivity index (χ3n) is 2.92. The van der Waals surface area contributed by atoms with Gasteiger partial charge < -0.3 is 5.32 Å². The van der Waals surface area contributed by atoms with E-state index in [4.69, 9.17) is 0 Å². The summed E-state index contributed by atoms with van der Waals surface area (Å²) in [5.74, 6) is 0.935. The van der Waals surface area contributed by atoms with E-state index >= 15 is 0 Å². The molecule has 0 saturated carbocycles. The van der Waals surface area contributed by atoms with Gasteiger partial charge in [0.05, 0.1) is 5.52 Å². The number of anilines is 1. The van der Waals surface area contributed by atoms with Gasteiger partial charge in [-0.05, 0) is 36.8 Å². The van der Waals surface area contributed by atoms with Crippen molar-refractivity contribution < 1.29 is 0 Å². The number of nitrogens with zero attached hydrogens (tertiary/aromatic N) is 2. The summed E-state index contributed by atoms with van der Waals surface area (Å²) in [5.41, 5.74) is 3.31. The molecule has 0 radical (unpaired) electrons. The highest BCUT2D eigenvalue weighted by molar-refractivity contribution is 7.13. The molecule has 2 heterocycles. The molecule has 0 spiro atoms. The predicted octanol–water partition coefficient (Wildman–Crippen LogP) is 3.71. The van der Waals surface area contributed by atoms with Crippen LogP contribution in [-0.4, -0.2) is 17.0 Å². The standard InChI is InChI=1S/C14H13N3S/c1-9-7-11-8-10(14-16-5-6-18-14)3-4-12(11)17-13(9)15-2/h3-8H,1-2H3,(H,15,17). The summed E-state index contributed by atoms with van der Waals surface area (Å²) in [6.07, 6.45) is 1.83. The number of nitrogens with one attached hydrogen (secondary N) is 1. The van der Waals surface area contributed by atoms with Crippen LogP contribution in [0.4, 0.5) is 5.82 Å². The van der Waals surface area contributed by atoms with Gasteiger partial charge in [0.15, 0.2) is 0 Å². The van der Waals surface area contributed by atoms with Crippen molar-refractivity contribution in [3.63, 3.8) is 0 Å². The molecule has 1 aromatic carbocycles. The average molecular weight is 255 g/mol. The molecule has 0 atom stereocenters. The minimum atomic E-state index is 0.935. The molecule has 18 heavy (non-hydrogen) atoms. The quantitative estimate of drug-likeness (QED) is 0.758. The topological polar surface area (TPSA) is 37.8 Å². The highest BCUT2D eigenvalue weighted by Gasteiger charge is 2.05. The lowest BCUT2D eigenvalue weighted by Gasteiger charge is -2.07. The Labute approximate surface area is 110 Å². The smallest absolute Gasteiger partial charge is 0.129 e. The molecule has 4 heteroatoms. The number of aromatic nitrogens is 2. The molecule has 0 unspecified atom stereocenters. The van der Waals surface area contributed by atoms with Crippen molar-refractivity contribution in [1.29, 1.82) is 0 Å². The van der Waals surface area contributed by atoms with Crippen LogP contribution in [0.3, 0.4) is 0 Å². The number of aryl methyl sites for hydroxylation is 1. The number of benzene rings is 1. The zero-order chi connectivity index (χ0) is 12.5. The zero-order valence-corrected chi connectivity index (χ0v) is 11.1. The van der Waals surface area contributed by atoms with Crippen molar-refractivity contribution in [2.45, 2.75) is 6.92 Å². The number of thiazole rings is 1. The molecule has 90 valence electrons. The van der Waals surface area contributed by atoms with Crippen molar-refractivity contribution in [3.05, 3.63) is 41.4 Å². The Hall–Kier alpha value is -1.94. The first kappa shape index (κ1) is 11.2. The fourth-order valence-electron chi connectivity index (χ4n) is 2.03. The Morgan fingerprint density at radius 2 is 2.11 bits per heavy atom. The molecule has 3 aromatic rings. The highest BCUT2D eigenvalue weighted by atomic mass is 32.1. The van der Waals surface area contributed by atoms with Crippen molar-refractivity contribution in [2.24, 2.45) is 0 Å². The largest absolute Gasteiger partial charge is 0.373 e. The van der Waals surface area contributed by atoms with Gasteiger partial charge in [-0.1, -0.05) is 0 Å². The Morgan fingerprint density at radius 3 is 2.83 bits per heavy atom. The van der Waals surface area contributed by atoms with E-state index in [1.165, 1.54) is 0 Å². The fourth-order valence-corrected chi connectivity index (χ4v) is 2.67. The SMILES string of the molecule is CNc1nc2ccc(-c3nccs3)cc2cc1C. The average Bonchev–Trinajstić information content (AvgIpc) is 2.91. The lowest BCUT2D eigenvalue weighted by atomic mass is 10.1. The minimum Gasteiger partial charge on any atom is -0.373 e. The van der Waals surface area contributed by atoms with Crippen LogP contribution in [0.1, 0.15) is 5.56 Å². The first-order chi connectivity index (χ1) is 8.78. The Morgan fingerprint density at radius 1 is 1.22 bits per heavy atom. The molecule has 0 amide bonds. The van der Waals surface area contributed by atoms with Crippen LogP contribution in [0.2, 0.25) is 0 Å². The van der Waals surface area contributed by atoms with E-state index in [0.29, 0.717) is 0 Å². The maximum Gasteiger partial charge on any atom is 0.129 e. The third kappa shape index (κ3) is 1.84. The molecular weight excluding hydrogens is 242 g/mol. The zero-order valence-electron chi connectivity index (χ0n) is 10.3. The Kier molecular flexibility index (Phi) is 2.72. The first-order valence-corrected chi connectivity index (χ1v) is 6.65. The van der Waals surface area contributed by atoms with Gasteiger partial charge in [-0.25, -0.2) is 9.97 Å². The molecule has 3 nitrogen and oxygen atoms in total. The van der Waals surface area contributed by atoms with E-state index in [1.54, 1.807) is 11.3 Å². The van der Waals surface area contributed by atoms with Gasteiger partial charge in [-0.15, -0.1) is 11.3 Å². The van der Waals surface area contributed by atoms with Crippen LogP contribution in [0.15, 0.2) is 35.8 Å². The maximum atomic E-state index is 4.59. The second-order valence-electron chi connectivity index (χ2n) is 4.15. The van der Waals surface area contributed by atoms with E-state index in [9.17, 15) is 0 Å². The van der Waals surface area contributed by atoms with Gasteiger partial charge >= 0.3 is 0 Å². The number of rotatable bonds is 2. The van der Waals surface area contributed by atoms with Gasteiger partial charge in [-0.3, -0.25) is 0 Å². The molecule has 0 bridgehead atoms. The summed E-state index contributed by atoms with van der Waals surface area (Å²) in [5, 5.41) is 7.30. The highest BCUT2D eigenvalue weighted by Crippen LogP contribution is 2.27. The van der Waals surface area contributed by atoms with Gasteiger partial charge in [0, 0.05) is 29.6 Å². The molecule has 1 N–H and O–H groups in total. The number of fused-ring (bicyclic) bond motifs is 1. The van der Waals surface area contributed by atoms with Gasteiger partial charge in [0.1, 0.15) is 10.8 Å². The van der Waals surface area contributed by atoms with E-state index in [-0.39, 0.29) is 0 Å². The van der Waals surface area contributed by atoms with Gasteiger partial charge in [0.25, 0.3) is 0 Å². The van der Waals surface area contributed by atoms with E-state index < -0.39 is 0 Å². The summed E-state index contributed by atoms with van der Waals surface area (Å²) in [6.45, 7) is 2.06. The molecule has 2 aromatic heterocycles. The molecule has 0 saturated heterocycles. The van der Waals surface area contributed by atoms with Crippen LogP contribution in [-0.2, 0) is 0 Å². The van der Waals surface area contributed by atoms with Crippen molar-refractivity contribution in [2.75, 3.05) is 12.4 Å². The van der Waals surface area contributed by atoms with Crippen molar-refractivity contribution in [1.82, 2.24) is 9.97 Å². The second-order valence-corrected chi connectivity index (χ2v) is 5.04. The summed E-state index contributed by atoms with van der Waals surface area (Å²) >= 11 is 1.65. The lowest BCUT2D eigenvalue weighted by Crippen LogP contribution is -1.95. The van der Waals surface area contributed by atoms with E-state index in [1.807, 2.05) is 24.7 Å². The van der Waals surface area contributed by atoms with Gasteiger partial charge in [-0.2, -0.15) is 0 Å². The summed E-state index contributed by atoms with van der Waals surface area (Å²) < 4.78 is 0.